The van der Waals surface area contributed by atoms with Crippen molar-refractivity contribution in [1.82, 2.24) is 20.6 Å². The molecule has 1 aromatic heterocycles. The zero-order valence-corrected chi connectivity index (χ0v) is 12.7. The van der Waals surface area contributed by atoms with Crippen LogP contribution in [0.1, 0.15) is 37.4 Å². The number of anilines is 1. The number of carbonyl (C=O) groups is 2. The van der Waals surface area contributed by atoms with Crippen LogP contribution in [0.25, 0.3) is 0 Å². The molecule has 1 unspecified atom stereocenters. The number of amides is 3. The van der Waals surface area contributed by atoms with Crippen LogP contribution in [0.5, 0.6) is 0 Å². The van der Waals surface area contributed by atoms with Crippen LogP contribution < -0.4 is 15.5 Å². The van der Waals surface area contributed by atoms with Crippen LogP contribution in [-0.2, 0) is 4.79 Å². The van der Waals surface area contributed by atoms with Gasteiger partial charge in [-0.1, -0.05) is 11.6 Å². The van der Waals surface area contributed by atoms with Gasteiger partial charge in [0.05, 0.1) is 6.54 Å². The zero-order valence-electron chi connectivity index (χ0n) is 11.9. The number of urea groups is 1. The molecule has 1 saturated carbocycles. The van der Waals surface area contributed by atoms with E-state index in [0.717, 1.165) is 37.4 Å². The lowest BCUT2D eigenvalue weighted by molar-refractivity contribution is -0.124. The molecule has 4 rings (SSSR count). The van der Waals surface area contributed by atoms with Gasteiger partial charge in [0.25, 0.3) is 5.91 Å². The van der Waals surface area contributed by atoms with Crippen molar-refractivity contribution in [3.05, 3.63) is 17.0 Å². The average molecular weight is 322 g/mol. The fraction of sp³-hybridized carbons (Fsp3) is 0.571. The number of carbonyl (C=O) groups excluding carboxylic acids is 2. The van der Waals surface area contributed by atoms with E-state index in [4.69, 9.17) is 11.6 Å². The molecule has 7 nitrogen and oxygen atoms in total. The molecule has 3 aliphatic rings. The number of piperidine rings is 1. The molecule has 2 N–H and O–H groups in total. The van der Waals surface area contributed by atoms with E-state index >= 15 is 0 Å². The molecular weight excluding hydrogens is 306 g/mol. The topological polar surface area (TPSA) is 87.2 Å². The summed E-state index contributed by atoms with van der Waals surface area (Å²) in [5.74, 6) is 1.66. The Balaban J connectivity index is 1.62. The Bertz CT molecular complexity index is 663. The second kappa shape index (κ2) is 4.81. The molecule has 3 heterocycles. The first kappa shape index (κ1) is 13.8. The maximum atomic E-state index is 12.1. The van der Waals surface area contributed by atoms with Gasteiger partial charge in [0.1, 0.15) is 22.3 Å². The molecule has 116 valence electrons. The first-order chi connectivity index (χ1) is 10.6. The SMILES string of the molecule is O=C1NC(=O)C2(CCCN(c3cc(Cl)nc(C4CC4)n3)C2)N1. The molecule has 2 aliphatic heterocycles. The van der Waals surface area contributed by atoms with E-state index in [0.29, 0.717) is 24.0 Å². The van der Waals surface area contributed by atoms with E-state index in [9.17, 15) is 9.59 Å². The van der Waals surface area contributed by atoms with E-state index in [1.165, 1.54) is 0 Å². The Morgan fingerprint density at radius 1 is 1.32 bits per heavy atom. The summed E-state index contributed by atoms with van der Waals surface area (Å²) < 4.78 is 0. The summed E-state index contributed by atoms with van der Waals surface area (Å²) in [5, 5.41) is 5.51. The minimum Gasteiger partial charge on any atom is -0.354 e. The molecule has 3 amide bonds. The van der Waals surface area contributed by atoms with Crippen molar-refractivity contribution in [2.24, 2.45) is 0 Å². The smallest absolute Gasteiger partial charge is 0.322 e. The Morgan fingerprint density at radius 3 is 2.82 bits per heavy atom. The molecule has 1 atom stereocenters. The molecule has 0 bridgehead atoms. The molecule has 0 radical (unpaired) electrons. The first-order valence-corrected chi connectivity index (χ1v) is 7.87. The van der Waals surface area contributed by atoms with Gasteiger partial charge in [-0.15, -0.1) is 0 Å². The summed E-state index contributed by atoms with van der Waals surface area (Å²) in [6.07, 6.45) is 3.63. The Hall–Kier alpha value is -1.89. The van der Waals surface area contributed by atoms with Crippen molar-refractivity contribution >= 4 is 29.4 Å². The lowest BCUT2D eigenvalue weighted by Crippen LogP contribution is -2.58. The number of nitrogens with one attached hydrogen (secondary N) is 2. The highest BCUT2D eigenvalue weighted by molar-refractivity contribution is 6.29. The van der Waals surface area contributed by atoms with Crippen LogP contribution in [-0.4, -0.2) is 40.5 Å². The van der Waals surface area contributed by atoms with Gasteiger partial charge < -0.3 is 10.2 Å². The maximum absolute atomic E-state index is 12.1. The molecule has 22 heavy (non-hydrogen) atoms. The second-order valence-corrected chi connectivity index (χ2v) is 6.58. The fourth-order valence-electron chi connectivity index (χ4n) is 3.18. The third-order valence-corrected chi connectivity index (χ3v) is 4.67. The van der Waals surface area contributed by atoms with Crippen LogP contribution in [0.15, 0.2) is 6.07 Å². The predicted molar refractivity (Wildman–Crippen MR) is 79.9 cm³/mol. The highest BCUT2D eigenvalue weighted by Gasteiger charge is 2.49. The Kier molecular flexibility index (Phi) is 3.00. The van der Waals surface area contributed by atoms with E-state index in [1.54, 1.807) is 6.07 Å². The standard InChI is InChI=1S/C14H16ClN5O2/c15-9-6-10(17-11(16-9)8-2-3-8)20-5-1-4-14(7-20)12(21)18-13(22)19-14/h6,8H,1-5,7H2,(H2,18,19,21,22). The van der Waals surface area contributed by atoms with Gasteiger partial charge in [0.2, 0.25) is 0 Å². The van der Waals surface area contributed by atoms with Crippen molar-refractivity contribution in [2.75, 3.05) is 18.0 Å². The average Bonchev–Trinajstić information content (AvgIpc) is 3.27. The van der Waals surface area contributed by atoms with Crippen molar-refractivity contribution in [1.29, 1.82) is 0 Å². The molecule has 1 spiro atoms. The van der Waals surface area contributed by atoms with Gasteiger partial charge in [0.15, 0.2) is 0 Å². The number of rotatable bonds is 2. The number of aromatic nitrogens is 2. The van der Waals surface area contributed by atoms with Gasteiger partial charge in [-0.3, -0.25) is 10.1 Å². The minimum atomic E-state index is -0.855. The van der Waals surface area contributed by atoms with Crippen molar-refractivity contribution < 1.29 is 9.59 Å². The molecule has 0 aromatic carbocycles. The van der Waals surface area contributed by atoms with Crippen LogP contribution in [0.3, 0.4) is 0 Å². The highest BCUT2D eigenvalue weighted by atomic mass is 35.5. The summed E-state index contributed by atoms with van der Waals surface area (Å²) >= 11 is 6.12. The number of hydrogen-bond donors (Lipinski definition) is 2. The highest BCUT2D eigenvalue weighted by Crippen LogP contribution is 2.39. The van der Waals surface area contributed by atoms with Crippen molar-refractivity contribution in [3.8, 4) is 0 Å². The van der Waals surface area contributed by atoms with E-state index < -0.39 is 11.6 Å². The van der Waals surface area contributed by atoms with Gasteiger partial charge in [-0.05, 0) is 25.7 Å². The third kappa shape index (κ3) is 2.29. The molecule has 1 aliphatic carbocycles. The van der Waals surface area contributed by atoms with Crippen LogP contribution in [0.2, 0.25) is 5.15 Å². The number of nitrogens with zero attached hydrogens (tertiary/aromatic N) is 3. The van der Waals surface area contributed by atoms with Crippen LogP contribution >= 0.6 is 11.6 Å². The summed E-state index contributed by atoms with van der Waals surface area (Å²) in [6.45, 7) is 1.18. The molecule has 3 fully saturated rings. The lowest BCUT2D eigenvalue weighted by Gasteiger charge is -2.38. The normalized spacial score (nSPS) is 28.0. The second-order valence-electron chi connectivity index (χ2n) is 6.20. The quantitative estimate of drug-likeness (QED) is 0.631. The molecular formula is C14H16ClN5O2. The van der Waals surface area contributed by atoms with Crippen molar-refractivity contribution in [3.63, 3.8) is 0 Å². The largest absolute Gasteiger partial charge is 0.354 e. The van der Waals surface area contributed by atoms with Gasteiger partial charge in [-0.2, -0.15) is 0 Å². The number of imide groups is 1. The number of hydrogen-bond acceptors (Lipinski definition) is 5. The van der Waals surface area contributed by atoms with Gasteiger partial charge >= 0.3 is 6.03 Å². The number of halogens is 1. The summed E-state index contributed by atoms with van der Waals surface area (Å²) in [7, 11) is 0. The maximum Gasteiger partial charge on any atom is 0.322 e. The van der Waals surface area contributed by atoms with Gasteiger partial charge in [0, 0.05) is 18.5 Å². The first-order valence-electron chi connectivity index (χ1n) is 7.49. The summed E-state index contributed by atoms with van der Waals surface area (Å²) in [5.41, 5.74) is -0.855. The van der Waals surface area contributed by atoms with Gasteiger partial charge in [-0.25, -0.2) is 14.8 Å². The Labute approximate surface area is 132 Å². The fourth-order valence-corrected chi connectivity index (χ4v) is 3.36. The monoisotopic (exact) mass is 321 g/mol. The summed E-state index contributed by atoms with van der Waals surface area (Å²) in [4.78, 5) is 34.5. The van der Waals surface area contributed by atoms with Crippen LogP contribution in [0.4, 0.5) is 10.6 Å². The summed E-state index contributed by atoms with van der Waals surface area (Å²) in [6, 6.07) is 1.30. The van der Waals surface area contributed by atoms with E-state index in [1.807, 2.05) is 4.90 Å². The molecule has 1 aromatic rings. The molecule has 8 heteroatoms. The van der Waals surface area contributed by atoms with E-state index in [2.05, 4.69) is 20.6 Å². The van der Waals surface area contributed by atoms with E-state index in [-0.39, 0.29) is 5.91 Å². The van der Waals surface area contributed by atoms with Crippen molar-refractivity contribution in [2.45, 2.75) is 37.1 Å². The Morgan fingerprint density at radius 2 is 2.14 bits per heavy atom. The lowest BCUT2D eigenvalue weighted by atomic mass is 9.89. The van der Waals surface area contributed by atoms with Crippen LogP contribution in [0, 0.1) is 0 Å². The minimum absolute atomic E-state index is 0.259. The predicted octanol–water partition coefficient (Wildman–Crippen LogP) is 1.19. The third-order valence-electron chi connectivity index (χ3n) is 4.47. The zero-order chi connectivity index (χ0) is 15.3. The molecule has 2 saturated heterocycles.